The number of nitrogens with zero attached hydrogens (tertiary/aromatic N) is 2. The summed E-state index contributed by atoms with van der Waals surface area (Å²) in [6.07, 6.45) is -0.288. The molecule has 0 aromatic heterocycles. The molecule has 0 spiro atoms. The monoisotopic (exact) mass is 286 g/mol. The molecule has 0 fully saturated rings. The summed E-state index contributed by atoms with van der Waals surface area (Å²) in [7, 11) is 0. The average Bonchev–Trinajstić information content (AvgIpc) is 2.32. The molecule has 0 aliphatic heterocycles. The first-order chi connectivity index (χ1) is 9.34. The second kappa shape index (κ2) is 9.44. The number of aliphatic imine (C=N–C) groups is 1. The van der Waals surface area contributed by atoms with Gasteiger partial charge in [0.05, 0.1) is 6.54 Å². The van der Waals surface area contributed by atoms with Crippen molar-refractivity contribution in [1.82, 2.24) is 15.5 Å². The molecule has 6 nitrogen and oxygen atoms in total. The highest BCUT2D eigenvalue weighted by molar-refractivity contribution is 5.79. The molecule has 0 saturated heterocycles. The standard InChI is InChI=1S/C14H30N4O2/c1-7-15-12(16-8-2)17-10-11-18(9-3)13(19)20-14(4,5)6/h7-11H2,1-6H3,(H2,15,16,17). The minimum Gasteiger partial charge on any atom is -0.444 e. The van der Waals surface area contributed by atoms with Crippen LogP contribution in [-0.2, 0) is 4.74 Å². The van der Waals surface area contributed by atoms with Crippen LogP contribution >= 0.6 is 0 Å². The Bertz CT molecular complexity index is 303. The number of amides is 1. The number of likely N-dealkylation sites (N-methyl/N-ethyl adjacent to an activating group) is 1. The van der Waals surface area contributed by atoms with Gasteiger partial charge in [-0.25, -0.2) is 4.79 Å². The largest absolute Gasteiger partial charge is 0.444 e. The smallest absolute Gasteiger partial charge is 0.410 e. The Morgan fingerprint density at radius 3 is 2.10 bits per heavy atom. The van der Waals surface area contributed by atoms with Gasteiger partial charge in [-0.3, -0.25) is 4.99 Å². The number of hydrogen-bond acceptors (Lipinski definition) is 3. The van der Waals surface area contributed by atoms with Gasteiger partial charge in [0.2, 0.25) is 0 Å². The van der Waals surface area contributed by atoms with Gasteiger partial charge < -0.3 is 20.3 Å². The van der Waals surface area contributed by atoms with Gasteiger partial charge in [-0.15, -0.1) is 0 Å². The molecule has 0 rings (SSSR count). The molecule has 0 unspecified atom stereocenters. The Morgan fingerprint density at radius 2 is 1.70 bits per heavy atom. The number of hydrogen-bond donors (Lipinski definition) is 2. The quantitative estimate of drug-likeness (QED) is 0.577. The SMILES string of the molecule is CCNC(=NCCN(CC)C(=O)OC(C)(C)C)NCC. The van der Waals surface area contributed by atoms with E-state index in [0.717, 1.165) is 19.0 Å². The average molecular weight is 286 g/mol. The normalized spacial score (nSPS) is 10.7. The van der Waals surface area contributed by atoms with E-state index in [4.69, 9.17) is 4.74 Å². The molecule has 0 aliphatic rings. The third-order valence-corrected chi connectivity index (χ3v) is 2.36. The first kappa shape index (κ1) is 18.5. The number of carbonyl (C=O) groups excluding carboxylic acids is 1. The molecule has 2 N–H and O–H groups in total. The Kier molecular flexibility index (Phi) is 8.76. The molecule has 0 radical (unpaired) electrons. The Morgan fingerprint density at radius 1 is 1.15 bits per heavy atom. The molecular formula is C14H30N4O2. The molecule has 0 heterocycles. The minimum atomic E-state index is -0.466. The van der Waals surface area contributed by atoms with Crippen molar-refractivity contribution in [3.05, 3.63) is 0 Å². The lowest BCUT2D eigenvalue weighted by molar-refractivity contribution is 0.0266. The van der Waals surface area contributed by atoms with Gasteiger partial charge >= 0.3 is 6.09 Å². The summed E-state index contributed by atoms with van der Waals surface area (Å²) in [5, 5.41) is 6.29. The summed E-state index contributed by atoms with van der Waals surface area (Å²) in [4.78, 5) is 18.0. The fourth-order valence-corrected chi connectivity index (χ4v) is 1.50. The molecule has 0 aromatic rings. The first-order valence-electron chi connectivity index (χ1n) is 7.34. The maximum Gasteiger partial charge on any atom is 0.410 e. The molecule has 0 aliphatic carbocycles. The molecule has 6 heteroatoms. The van der Waals surface area contributed by atoms with E-state index in [1.807, 2.05) is 41.5 Å². The van der Waals surface area contributed by atoms with Gasteiger partial charge in [0, 0.05) is 26.2 Å². The lowest BCUT2D eigenvalue weighted by Gasteiger charge is -2.26. The molecule has 0 bridgehead atoms. The van der Waals surface area contributed by atoms with Gasteiger partial charge in [-0.2, -0.15) is 0 Å². The second-order valence-electron chi connectivity index (χ2n) is 5.35. The van der Waals surface area contributed by atoms with Crippen molar-refractivity contribution in [2.45, 2.75) is 47.1 Å². The fraction of sp³-hybridized carbons (Fsp3) is 0.857. The van der Waals surface area contributed by atoms with Gasteiger partial charge in [0.25, 0.3) is 0 Å². The maximum absolute atomic E-state index is 11.9. The van der Waals surface area contributed by atoms with Crippen molar-refractivity contribution in [3.8, 4) is 0 Å². The summed E-state index contributed by atoms with van der Waals surface area (Å²) in [5.74, 6) is 0.773. The zero-order valence-corrected chi connectivity index (χ0v) is 13.7. The van der Waals surface area contributed by atoms with E-state index in [0.29, 0.717) is 19.6 Å². The fourth-order valence-electron chi connectivity index (χ4n) is 1.50. The number of rotatable bonds is 6. The highest BCUT2D eigenvalue weighted by atomic mass is 16.6. The van der Waals surface area contributed by atoms with Crippen LogP contribution in [-0.4, -0.2) is 55.3 Å². The van der Waals surface area contributed by atoms with Crippen LogP contribution in [0.15, 0.2) is 4.99 Å². The van der Waals surface area contributed by atoms with Crippen molar-refractivity contribution in [1.29, 1.82) is 0 Å². The van der Waals surface area contributed by atoms with Gasteiger partial charge in [-0.05, 0) is 41.5 Å². The van der Waals surface area contributed by atoms with Crippen LogP contribution in [0.5, 0.6) is 0 Å². The van der Waals surface area contributed by atoms with Crippen molar-refractivity contribution in [3.63, 3.8) is 0 Å². The van der Waals surface area contributed by atoms with E-state index in [1.54, 1.807) is 4.90 Å². The van der Waals surface area contributed by atoms with E-state index in [2.05, 4.69) is 15.6 Å². The predicted molar refractivity (Wildman–Crippen MR) is 83.1 cm³/mol. The summed E-state index contributed by atoms with van der Waals surface area (Å²) < 4.78 is 5.35. The maximum atomic E-state index is 11.9. The molecule has 0 atom stereocenters. The highest BCUT2D eigenvalue weighted by Gasteiger charge is 2.20. The lowest BCUT2D eigenvalue weighted by atomic mass is 10.2. The third kappa shape index (κ3) is 8.61. The van der Waals surface area contributed by atoms with Gasteiger partial charge in [0.15, 0.2) is 5.96 Å². The Labute approximate surface area is 123 Å². The topological polar surface area (TPSA) is 66.0 Å². The summed E-state index contributed by atoms with van der Waals surface area (Å²) in [6.45, 7) is 14.9. The Balaban J connectivity index is 4.36. The zero-order valence-electron chi connectivity index (χ0n) is 13.7. The van der Waals surface area contributed by atoms with Crippen LogP contribution in [0.2, 0.25) is 0 Å². The van der Waals surface area contributed by atoms with Crippen LogP contribution in [0.25, 0.3) is 0 Å². The van der Waals surface area contributed by atoms with Gasteiger partial charge in [-0.1, -0.05) is 0 Å². The summed E-state index contributed by atoms with van der Waals surface area (Å²) in [6, 6.07) is 0. The van der Waals surface area contributed by atoms with E-state index >= 15 is 0 Å². The van der Waals surface area contributed by atoms with Crippen LogP contribution in [0.1, 0.15) is 41.5 Å². The van der Waals surface area contributed by atoms with E-state index in [-0.39, 0.29) is 6.09 Å². The van der Waals surface area contributed by atoms with Crippen molar-refractivity contribution in [2.75, 3.05) is 32.7 Å². The van der Waals surface area contributed by atoms with Crippen molar-refractivity contribution >= 4 is 12.1 Å². The third-order valence-electron chi connectivity index (χ3n) is 2.36. The molecular weight excluding hydrogens is 256 g/mol. The van der Waals surface area contributed by atoms with Crippen LogP contribution in [0.4, 0.5) is 4.79 Å². The van der Waals surface area contributed by atoms with E-state index in [1.165, 1.54) is 0 Å². The van der Waals surface area contributed by atoms with Crippen molar-refractivity contribution in [2.24, 2.45) is 4.99 Å². The second-order valence-corrected chi connectivity index (χ2v) is 5.35. The van der Waals surface area contributed by atoms with Crippen LogP contribution in [0.3, 0.4) is 0 Å². The summed E-state index contributed by atoms with van der Waals surface area (Å²) in [5.41, 5.74) is -0.466. The van der Waals surface area contributed by atoms with E-state index in [9.17, 15) is 4.79 Å². The first-order valence-corrected chi connectivity index (χ1v) is 7.34. The van der Waals surface area contributed by atoms with Crippen molar-refractivity contribution < 1.29 is 9.53 Å². The molecule has 0 saturated carbocycles. The van der Waals surface area contributed by atoms with E-state index < -0.39 is 5.60 Å². The lowest BCUT2D eigenvalue weighted by Crippen LogP contribution is -2.40. The molecule has 1 amide bonds. The Hall–Kier alpha value is -1.46. The molecule has 118 valence electrons. The molecule has 0 aromatic carbocycles. The summed E-state index contributed by atoms with van der Waals surface area (Å²) >= 11 is 0. The number of carbonyl (C=O) groups is 1. The van der Waals surface area contributed by atoms with Crippen LogP contribution in [0, 0.1) is 0 Å². The number of nitrogens with one attached hydrogen (secondary N) is 2. The minimum absolute atomic E-state index is 0.288. The zero-order chi connectivity index (χ0) is 15.6. The highest BCUT2D eigenvalue weighted by Crippen LogP contribution is 2.09. The van der Waals surface area contributed by atoms with Gasteiger partial charge in [0.1, 0.15) is 5.60 Å². The van der Waals surface area contributed by atoms with Crippen LogP contribution < -0.4 is 10.6 Å². The number of guanidine groups is 1. The molecule has 20 heavy (non-hydrogen) atoms. The number of ether oxygens (including phenoxy) is 1. The predicted octanol–water partition coefficient (Wildman–Crippen LogP) is 1.82.